The molecule has 1 atom stereocenters. The van der Waals surface area contributed by atoms with Crippen LogP contribution >= 0.6 is 11.6 Å². The Morgan fingerprint density at radius 3 is 2.71 bits per heavy atom. The van der Waals surface area contributed by atoms with Crippen LogP contribution in [0.25, 0.3) is 0 Å². The average Bonchev–Trinajstić information content (AvgIpc) is 2.21. The lowest BCUT2D eigenvalue weighted by Gasteiger charge is -2.13. The van der Waals surface area contributed by atoms with Crippen molar-refractivity contribution < 1.29 is 13.2 Å². The Balaban J connectivity index is 2.93. The lowest BCUT2D eigenvalue weighted by Crippen LogP contribution is -2.35. The molecule has 0 aliphatic carbocycles. The normalized spacial score (nSPS) is 13.6. The Morgan fingerprint density at radius 2 is 2.18 bits per heavy atom. The maximum atomic E-state index is 11.9. The summed E-state index contributed by atoms with van der Waals surface area (Å²) in [6.45, 7) is 2.00. The van der Waals surface area contributed by atoms with Crippen molar-refractivity contribution in [2.75, 3.05) is 19.5 Å². The predicted octanol–water partition coefficient (Wildman–Crippen LogP) is 1.24. The van der Waals surface area contributed by atoms with Gasteiger partial charge in [-0.25, -0.2) is 13.1 Å². The van der Waals surface area contributed by atoms with E-state index in [1.165, 1.54) is 25.3 Å². The van der Waals surface area contributed by atoms with Gasteiger partial charge in [0, 0.05) is 13.2 Å². The number of nitrogen functional groups attached to an aromatic ring is 1. The molecule has 0 saturated heterocycles. The summed E-state index contributed by atoms with van der Waals surface area (Å²) in [5.74, 6) is 0. The number of rotatable bonds is 5. The molecule has 1 rings (SSSR count). The second kappa shape index (κ2) is 5.68. The van der Waals surface area contributed by atoms with Crippen molar-refractivity contribution in [3.63, 3.8) is 0 Å². The molecule has 0 heterocycles. The van der Waals surface area contributed by atoms with Gasteiger partial charge in [0.05, 0.1) is 22.2 Å². The van der Waals surface area contributed by atoms with E-state index in [-0.39, 0.29) is 16.0 Å². The lowest BCUT2D eigenvalue weighted by molar-refractivity contribution is 0.180. The molecule has 0 aliphatic heterocycles. The second-order valence-electron chi connectivity index (χ2n) is 3.66. The van der Waals surface area contributed by atoms with Gasteiger partial charge in [-0.2, -0.15) is 0 Å². The van der Waals surface area contributed by atoms with Crippen LogP contribution < -0.4 is 10.5 Å². The van der Waals surface area contributed by atoms with E-state index in [0.29, 0.717) is 12.3 Å². The number of nitrogens with two attached hydrogens (primary N) is 1. The number of hydrogen-bond donors (Lipinski definition) is 2. The van der Waals surface area contributed by atoms with Crippen molar-refractivity contribution in [2.24, 2.45) is 0 Å². The summed E-state index contributed by atoms with van der Waals surface area (Å²) in [5, 5.41) is 0.215. The molecule has 5 nitrogen and oxygen atoms in total. The van der Waals surface area contributed by atoms with Gasteiger partial charge in [-0.1, -0.05) is 11.6 Å². The van der Waals surface area contributed by atoms with Crippen LogP contribution in [0.1, 0.15) is 6.92 Å². The number of halogens is 1. The molecular formula is C10H15ClN2O3S. The molecule has 0 aliphatic rings. The van der Waals surface area contributed by atoms with E-state index in [9.17, 15) is 8.42 Å². The third-order valence-electron chi connectivity index (χ3n) is 2.06. The second-order valence-corrected chi connectivity index (χ2v) is 5.78. The van der Waals surface area contributed by atoms with Gasteiger partial charge in [0.2, 0.25) is 10.0 Å². The van der Waals surface area contributed by atoms with Crippen LogP contribution in [0.15, 0.2) is 23.1 Å². The third kappa shape index (κ3) is 3.85. The Kier molecular flexibility index (Phi) is 4.76. The molecule has 7 heteroatoms. The summed E-state index contributed by atoms with van der Waals surface area (Å²) in [6, 6.07) is 3.86. The summed E-state index contributed by atoms with van der Waals surface area (Å²) in [5.41, 5.74) is 5.86. The van der Waals surface area contributed by atoms with Gasteiger partial charge in [-0.15, -0.1) is 0 Å². The predicted molar refractivity (Wildman–Crippen MR) is 67.5 cm³/mol. The average molecular weight is 279 g/mol. The molecule has 1 aromatic rings. The maximum Gasteiger partial charge on any atom is 0.240 e. The van der Waals surface area contributed by atoms with Gasteiger partial charge in [0.25, 0.3) is 0 Å². The molecule has 3 N–H and O–H groups in total. The van der Waals surface area contributed by atoms with Crippen molar-refractivity contribution >= 4 is 27.3 Å². The first-order valence-electron chi connectivity index (χ1n) is 4.93. The molecule has 0 fully saturated rings. The first-order valence-corrected chi connectivity index (χ1v) is 6.79. The highest BCUT2D eigenvalue weighted by atomic mass is 35.5. The van der Waals surface area contributed by atoms with Crippen LogP contribution in [0.4, 0.5) is 5.69 Å². The fourth-order valence-corrected chi connectivity index (χ4v) is 2.79. The van der Waals surface area contributed by atoms with Crippen LogP contribution in [0.2, 0.25) is 5.02 Å². The fourth-order valence-electron chi connectivity index (χ4n) is 1.29. The molecule has 0 radical (unpaired) electrons. The lowest BCUT2D eigenvalue weighted by atomic mass is 10.3. The largest absolute Gasteiger partial charge is 0.398 e. The van der Waals surface area contributed by atoms with Gasteiger partial charge < -0.3 is 10.5 Å². The number of sulfonamides is 1. The van der Waals surface area contributed by atoms with Gasteiger partial charge in [0.15, 0.2) is 0 Å². The number of ether oxygens (including phenoxy) is 1. The Labute approximate surface area is 106 Å². The summed E-state index contributed by atoms with van der Waals surface area (Å²) < 4.78 is 31.2. The maximum absolute atomic E-state index is 11.9. The standard InChI is InChI=1S/C10H15ClN2O3S/c1-7(6-16-2)13-17(14,15)8-3-4-10(12)9(11)5-8/h3-5,7,13H,6,12H2,1-2H3. The highest BCUT2D eigenvalue weighted by Gasteiger charge is 2.18. The SMILES string of the molecule is COCC(C)NS(=O)(=O)c1ccc(N)c(Cl)c1. The summed E-state index contributed by atoms with van der Waals surface area (Å²) >= 11 is 5.78. The van der Waals surface area contributed by atoms with Crippen LogP contribution in [0.3, 0.4) is 0 Å². The van der Waals surface area contributed by atoms with Gasteiger partial charge >= 0.3 is 0 Å². The molecule has 0 saturated carbocycles. The third-order valence-corrected chi connectivity index (χ3v) is 3.97. The highest BCUT2D eigenvalue weighted by Crippen LogP contribution is 2.22. The van der Waals surface area contributed by atoms with E-state index < -0.39 is 10.0 Å². The van der Waals surface area contributed by atoms with E-state index in [0.717, 1.165) is 0 Å². The molecule has 96 valence electrons. The zero-order valence-corrected chi connectivity index (χ0v) is 11.2. The Hall–Kier alpha value is -0.820. The van der Waals surface area contributed by atoms with Crippen LogP contribution in [0, 0.1) is 0 Å². The fraction of sp³-hybridized carbons (Fsp3) is 0.400. The van der Waals surface area contributed by atoms with Crippen molar-refractivity contribution in [2.45, 2.75) is 17.9 Å². The molecule has 0 aromatic heterocycles. The molecular weight excluding hydrogens is 264 g/mol. The smallest absolute Gasteiger partial charge is 0.240 e. The number of hydrogen-bond acceptors (Lipinski definition) is 4. The van der Waals surface area contributed by atoms with Crippen molar-refractivity contribution in [1.29, 1.82) is 0 Å². The zero-order chi connectivity index (χ0) is 13.1. The summed E-state index contributed by atoms with van der Waals surface area (Å²) in [6.07, 6.45) is 0. The molecule has 0 amide bonds. The first kappa shape index (κ1) is 14.2. The van der Waals surface area contributed by atoms with Crippen LogP contribution in [-0.2, 0) is 14.8 Å². The monoisotopic (exact) mass is 278 g/mol. The minimum atomic E-state index is -3.59. The Bertz CT molecular complexity index is 490. The number of methoxy groups -OCH3 is 1. The van der Waals surface area contributed by atoms with E-state index >= 15 is 0 Å². The minimum Gasteiger partial charge on any atom is -0.398 e. The van der Waals surface area contributed by atoms with Crippen molar-refractivity contribution in [3.8, 4) is 0 Å². The molecule has 17 heavy (non-hydrogen) atoms. The van der Waals surface area contributed by atoms with E-state index in [1.807, 2.05) is 0 Å². The Morgan fingerprint density at radius 1 is 1.53 bits per heavy atom. The van der Waals surface area contributed by atoms with E-state index in [4.69, 9.17) is 22.1 Å². The summed E-state index contributed by atoms with van der Waals surface area (Å²) in [7, 11) is -2.09. The molecule has 0 spiro atoms. The minimum absolute atomic E-state index is 0.0830. The summed E-state index contributed by atoms with van der Waals surface area (Å²) in [4.78, 5) is 0.0830. The van der Waals surface area contributed by atoms with Gasteiger partial charge in [0.1, 0.15) is 0 Å². The van der Waals surface area contributed by atoms with Crippen LogP contribution in [-0.4, -0.2) is 28.2 Å². The van der Waals surface area contributed by atoms with Crippen molar-refractivity contribution in [3.05, 3.63) is 23.2 Å². The van der Waals surface area contributed by atoms with Crippen LogP contribution in [0.5, 0.6) is 0 Å². The zero-order valence-electron chi connectivity index (χ0n) is 9.60. The van der Waals surface area contributed by atoms with E-state index in [1.54, 1.807) is 6.92 Å². The highest BCUT2D eigenvalue weighted by molar-refractivity contribution is 7.89. The molecule has 0 bridgehead atoms. The number of nitrogens with one attached hydrogen (secondary N) is 1. The first-order chi connectivity index (χ1) is 7.86. The number of benzene rings is 1. The van der Waals surface area contributed by atoms with Gasteiger partial charge in [-0.3, -0.25) is 0 Å². The number of anilines is 1. The van der Waals surface area contributed by atoms with Crippen molar-refractivity contribution in [1.82, 2.24) is 4.72 Å². The molecule has 1 aromatic carbocycles. The quantitative estimate of drug-likeness (QED) is 0.794. The topological polar surface area (TPSA) is 81.4 Å². The van der Waals surface area contributed by atoms with E-state index in [2.05, 4.69) is 4.72 Å². The molecule has 1 unspecified atom stereocenters. The van der Waals surface area contributed by atoms with Gasteiger partial charge in [-0.05, 0) is 25.1 Å².